The van der Waals surface area contributed by atoms with E-state index in [0.29, 0.717) is 10.8 Å². The molecule has 0 aliphatic heterocycles. The van der Waals surface area contributed by atoms with E-state index in [1.165, 1.54) is 0 Å². The van der Waals surface area contributed by atoms with E-state index in [9.17, 15) is 4.79 Å². The van der Waals surface area contributed by atoms with Crippen molar-refractivity contribution in [2.75, 3.05) is 11.9 Å². The molecule has 0 bridgehead atoms. The summed E-state index contributed by atoms with van der Waals surface area (Å²) in [5.74, 6) is 0.425. The molecular formula is C15H14ClNO2. The fraction of sp³-hybridized carbons (Fsp3) is 0.133. The van der Waals surface area contributed by atoms with E-state index >= 15 is 0 Å². The molecule has 2 rings (SSSR count). The first-order valence-electron chi connectivity index (χ1n) is 5.89. The monoisotopic (exact) mass is 275 g/mol. The van der Waals surface area contributed by atoms with Gasteiger partial charge in [-0.15, -0.1) is 0 Å². The Morgan fingerprint density at radius 2 is 1.84 bits per heavy atom. The van der Waals surface area contributed by atoms with Crippen molar-refractivity contribution >= 4 is 23.2 Å². The summed E-state index contributed by atoms with van der Waals surface area (Å²) in [5, 5.41) is 3.44. The van der Waals surface area contributed by atoms with E-state index in [4.69, 9.17) is 16.3 Å². The van der Waals surface area contributed by atoms with Crippen LogP contribution in [0.3, 0.4) is 0 Å². The minimum atomic E-state index is -0.191. The molecule has 2 aromatic rings. The van der Waals surface area contributed by atoms with Gasteiger partial charge in [-0.2, -0.15) is 0 Å². The molecule has 19 heavy (non-hydrogen) atoms. The molecule has 0 spiro atoms. The average molecular weight is 276 g/mol. The standard InChI is InChI=1S/C15H14ClNO2/c1-11-4-2-3-5-14(11)17-15(18)10-19-13-8-6-12(16)7-9-13/h2-9H,10H2,1H3,(H,17,18). The van der Waals surface area contributed by atoms with Crippen molar-refractivity contribution in [1.82, 2.24) is 0 Å². The van der Waals surface area contributed by atoms with E-state index in [2.05, 4.69) is 5.32 Å². The average Bonchev–Trinajstić information content (AvgIpc) is 2.41. The second kappa shape index (κ2) is 6.25. The van der Waals surface area contributed by atoms with Crippen LogP contribution in [0.4, 0.5) is 5.69 Å². The number of carbonyl (C=O) groups is 1. The lowest BCUT2D eigenvalue weighted by Gasteiger charge is -2.09. The van der Waals surface area contributed by atoms with E-state index in [0.717, 1.165) is 11.3 Å². The minimum Gasteiger partial charge on any atom is -0.484 e. The Labute approximate surface area is 117 Å². The predicted molar refractivity (Wildman–Crippen MR) is 76.8 cm³/mol. The van der Waals surface area contributed by atoms with Crippen LogP contribution in [0.25, 0.3) is 0 Å². The smallest absolute Gasteiger partial charge is 0.262 e. The molecule has 0 aliphatic rings. The fourth-order valence-corrected chi connectivity index (χ4v) is 1.71. The summed E-state index contributed by atoms with van der Waals surface area (Å²) in [5.41, 5.74) is 1.81. The van der Waals surface area contributed by atoms with Crippen molar-refractivity contribution in [3.63, 3.8) is 0 Å². The van der Waals surface area contributed by atoms with Gasteiger partial charge < -0.3 is 10.1 Å². The molecule has 0 atom stereocenters. The SMILES string of the molecule is Cc1ccccc1NC(=O)COc1ccc(Cl)cc1. The fourth-order valence-electron chi connectivity index (χ4n) is 1.58. The predicted octanol–water partition coefficient (Wildman–Crippen LogP) is 3.67. The van der Waals surface area contributed by atoms with Crippen LogP contribution in [-0.2, 0) is 4.79 Å². The highest BCUT2D eigenvalue weighted by Crippen LogP contribution is 2.16. The van der Waals surface area contributed by atoms with Gasteiger partial charge in [0.15, 0.2) is 6.61 Å². The highest BCUT2D eigenvalue weighted by atomic mass is 35.5. The zero-order valence-corrected chi connectivity index (χ0v) is 11.3. The zero-order chi connectivity index (χ0) is 13.7. The molecule has 1 N–H and O–H groups in total. The second-order valence-electron chi connectivity index (χ2n) is 4.11. The molecule has 0 unspecified atom stereocenters. The molecule has 0 aliphatic carbocycles. The van der Waals surface area contributed by atoms with Gasteiger partial charge >= 0.3 is 0 Å². The van der Waals surface area contributed by atoms with Gasteiger partial charge in [0.25, 0.3) is 5.91 Å². The third kappa shape index (κ3) is 4.00. The van der Waals surface area contributed by atoms with Crippen molar-refractivity contribution in [3.8, 4) is 5.75 Å². The van der Waals surface area contributed by atoms with Gasteiger partial charge in [-0.25, -0.2) is 0 Å². The Kier molecular flexibility index (Phi) is 4.42. The topological polar surface area (TPSA) is 38.3 Å². The van der Waals surface area contributed by atoms with Gasteiger partial charge in [0.2, 0.25) is 0 Å². The number of hydrogen-bond acceptors (Lipinski definition) is 2. The van der Waals surface area contributed by atoms with Crippen LogP contribution < -0.4 is 10.1 Å². The quantitative estimate of drug-likeness (QED) is 0.925. The van der Waals surface area contributed by atoms with Gasteiger partial charge in [0.05, 0.1) is 0 Å². The van der Waals surface area contributed by atoms with Crippen molar-refractivity contribution in [1.29, 1.82) is 0 Å². The Balaban J connectivity index is 1.88. The number of nitrogens with one attached hydrogen (secondary N) is 1. The Morgan fingerprint density at radius 1 is 1.16 bits per heavy atom. The molecule has 3 nitrogen and oxygen atoms in total. The number of carbonyl (C=O) groups excluding carboxylic acids is 1. The highest BCUT2D eigenvalue weighted by molar-refractivity contribution is 6.30. The summed E-state index contributed by atoms with van der Waals surface area (Å²) in [6.07, 6.45) is 0. The maximum Gasteiger partial charge on any atom is 0.262 e. The van der Waals surface area contributed by atoms with Crippen molar-refractivity contribution < 1.29 is 9.53 Å². The van der Waals surface area contributed by atoms with Crippen LogP contribution in [0.2, 0.25) is 5.02 Å². The van der Waals surface area contributed by atoms with Crippen LogP contribution in [0, 0.1) is 6.92 Å². The maximum absolute atomic E-state index is 11.7. The number of aryl methyl sites for hydroxylation is 1. The van der Waals surface area contributed by atoms with Gasteiger partial charge in [0.1, 0.15) is 5.75 Å². The highest BCUT2D eigenvalue weighted by Gasteiger charge is 2.05. The molecule has 0 aromatic heterocycles. The van der Waals surface area contributed by atoms with Crippen LogP contribution in [-0.4, -0.2) is 12.5 Å². The van der Waals surface area contributed by atoms with Gasteiger partial charge in [0, 0.05) is 10.7 Å². The van der Waals surface area contributed by atoms with E-state index in [1.54, 1.807) is 24.3 Å². The molecule has 1 amide bonds. The first-order valence-corrected chi connectivity index (χ1v) is 6.27. The molecule has 2 aromatic carbocycles. The van der Waals surface area contributed by atoms with Crippen LogP contribution in [0.15, 0.2) is 48.5 Å². The number of rotatable bonds is 4. The van der Waals surface area contributed by atoms with E-state index in [-0.39, 0.29) is 12.5 Å². The van der Waals surface area contributed by atoms with Gasteiger partial charge in [-0.1, -0.05) is 29.8 Å². The summed E-state index contributed by atoms with van der Waals surface area (Å²) < 4.78 is 5.36. The van der Waals surface area contributed by atoms with Gasteiger partial charge in [-0.05, 0) is 42.8 Å². The lowest BCUT2D eigenvalue weighted by Crippen LogP contribution is -2.20. The number of hydrogen-bond donors (Lipinski definition) is 1. The zero-order valence-electron chi connectivity index (χ0n) is 10.5. The number of ether oxygens (including phenoxy) is 1. The molecular weight excluding hydrogens is 262 g/mol. The van der Waals surface area contributed by atoms with Crippen LogP contribution in [0.1, 0.15) is 5.56 Å². The molecule has 0 heterocycles. The largest absolute Gasteiger partial charge is 0.484 e. The Hall–Kier alpha value is -2.00. The van der Waals surface area contributed by atoms with Crippen LogP contribution in [0.5, 0.6) is 5.75 Å². The first kappa shape index (κ1) is 13.4. The number of halogens is 1. The van der Waals surface area contributed by atoms with Crippen molar-refractivity contribution in [2.45, 2.75) is 6.92 Å². The third-order valence-electron chi connectivity index (χ3n) is 2.60. The molecule has 4 heteroatoms. The summed E-state index contributed by atoms with van der Waals surface area (Å²) in [4.78, 5) is 11.7. The lowest BCUT2D eigenvalue weighted by molar-refractivity contribution is -0.118. The number of benzene rings is 2. The third-order valence-corrected chi connectivity index (χ3v) is 2.85. The van der Waals surface area contributed by atoms with Crippen LogP contribution >= 0.6 is 11.6 Å². The van der Waals surface area contributed by atoms with Crippen molar-refractivity contribution in [2.24, 2.45) is 0 Å². The minimum absolute atomic E-state index is 0.0318. The molecule has 98 valence electrons. The molecule has 0 radical (unpaired) electrons. The Morgan fingerprint density at radius 3 is 2.53 bits per heavy atom. The number of amides is 1. The summed E-state index contributed by atoms with van der Waals surface area (Å²) >= 11 is 5.76. The van der Waals surface area contributed by atoms with Gasteiger partial charge in [-0.3, -0.25) is 4.79 Å². The summed E-state index contributed by atoms with van der Waals surface area (Å²) in [6.45, 7) is 1.91. The molecule has 0 fully saturated rings. The number of anilines is 1. The van der Waals surface area contributed by atoms with Crippen molar-refractivity contribution in [3.05, 3.63) is 59.1 Å². The van der Waals surface area contributed by atoms with E-state index in [1.807, 2.05) is 31.2 Å². The molecule has 0 saturated heterocycles. The van der Waals surface area contributed by atoms with E-state index < -0.39 is 0 Å². The lowest BCUT2D eigenvalue weighted by atomic mass is 10.2. The maximum atomic E-state index is 11.7. The Bertz CT molecular complexity index is 567. The summed E-state index contributed by atoms with van der Waals surface area (Å²) in [6, 6.07) is 14.5. The second-order valence-corrected chi connectivity index (χ2v) is 4.54. The summed E-state index contributed by atoms with van der Waals surface area (Å²) in [7, 11) is 0. The number of para-hydroxylation sites is 1. The molecule has 0 saturated carbocycles. The first-order chi connectivity index (χ1) is 9.15. The normalized spacial score (nSPS) is 10.0.